The molecule has 1 aliphatic rings. The van der Waals surface area contributed by atoms with E-state index >= 15 is 0 Å². The van der Waals surface area contributed by atoms with Crippen LogP contribution in [-0.2, 0) is 6.54 Å². The van der Waals surface area contributed by atoms with Gasteiger partial charge in [0.1, 0.15) is 0 Å². The molecule has 1 N–H and O–H groups in total. The third-order valence-electron chi connectivity index (χ3n) is 4.04. The Hall–Kier alpha value is -1.06. The molecule has 1 fully saturated rings. The SMILES string of the molecule is CN(C)C1CCN(c2ccccc2CNC(C)(C)C)C1. The van der Waals surface area contributed by atoms with Crippen molar-refractivity contribution in [3.05, 3.63) is 29.8 Å². The van der Waals surface area contributed by atoms with E-state index in [0.29, 0.717) is 6.04 Å². The summed E-state index contributed by atoms with van der Waals surface area (Å²) in [7, 11) is 4.36. The molecule has 1 aromatic rings. The van der Waals surface area contributed by atoms with Crippen molar-refractivity contribution in [3.8, 4) is 0 Å². The van der Waals surface area contributed by atoms with Gasteiger partial charge in [-0.25, -0.2) is 0 Å². The summed E-state index contributed by atoms with van der Waals surface area (Å²) in [4.78, 5) is 4.88. The molecule has 0 aromatic heterocycles. The van der Waals surface area contributed by atoms with Gasteiger partial charge < -0.3 is 15.1 Å². The van der Waals surface area contributed by atoms with Crippen LogP contribution in [0, 0.1) is 0 Å². The highest BCUT2D eigenvalue weighted by atomic mass is 15.2. The zero-order valence-electron chi connectivity index (χ0n) is 13.6. The molecule has 2 rings (SSSR count). The molecule has 1 heterocycles. The normalized spacial score (nSPS) is 19.9. The lowest BCUT2D eigenvalue weighted by Gasteiger charge is -2.26. The Morgan fingerprint density at radius 2 is 1.95 bits per heavy atom. The Morgan fingerprint density at radius 3 is 2.55 bits per heavy atom. The molecule has 3 heteroatoms. The quantitative estimate of drug-likeness (QED) is 0.911. The molecule has 1 aromatic carbocycles. The number of anilines is 1. The molecule has 0 radical (unpaired) electrons. The van der Waals surface area contributed by atoms with E-state index in [1.54, 1.807) is 0 Å². The van der Waals surface area contributed by atoms with Crippen LogP contribution >= 0.6 is 0 Å². The first-order valence-corrected chi connectivity index (χ1v) is 7.61. The first-order chi connectivity index (χ1) is 9.37. The number of hydrogen-bond donors (Lipinski definition) is 1. The number of nitrogens with zero attached hydrogens (tertiary/aromatic N) is 2. The van der Waals surface area contributed by atoms with E-state index in [0.717, 1.165) is 19.6 Å². The first kappa shape index (κ1) is 15.3. The second-order valence-electron chi connectivity index (χ2n) is 7.08. The predicted octanol–water partition coefficient (Wildman–Crippen LogP) is 2.72. The van der Waals surface area contributed by atoms with Gasteiger partial charge in [-0.1, -0.05) is 18.2 Å². The monoisotopic (exact) mass is 275 g/mol. The summed E-state index contributed by atoms with van der Waals surface area (Å²) in [6.07, 6.45) is 1.26. The molecule has 1 aliphatic heterocycles. The highest BCUT2D eigenvalue weighted by Crippen LogP contribution is 2.26. The summed E-state index contributed by atoms with van der Waals surface area (Å²) in [5.74, 6) is 0. The zero-order chi connectivity index (χ0) is 14.8. The summed E-state index contributed by atoms with van der Waals surface area (Å²) in [5, 5.41) is 3.60. The lowest BCUT2D eigenvalue weighted by Crippen LogP contribution is -2.36. The average molecular weight is 275 g/mol. The van der Waals surface area contributed by atoms with E-state index in [1.165, 1.54) is 17.7 Å². The predicted molar refractivity (Wildman–Crippen MR) is 87.3 cm³/mol. The maximum Gasteiger partial charge on any atom is 0.0412 e. The van der Waals surface area contributed by atoms with Crippen molar-refractivity contribution in [2.45, 2.75) is 45.3 Å². The van der Waals surface area contributed by atoms with Gasteiger partial charge in [0.25, 0.3) is 0 Å². The third kappa shape index (κ3) is 3.97. The van der Waals surface area contributed by atoms with Crippen molar-refractivity contribution in [3.63, 3.8) is 0 Å². The van der Waals surface area contributed by atoms with Gasteiger partial charge in [-0.3, -0.25) is 0 Å². The second kappa shape index (κ2) is 6.15. The fourth-order valence-electron chi connectivity index (χ4n) is 2.71. The van der Waals surface area contributed by atoms with Crippen LogP contribution in [0.25, 0.3) is 0 Å². The third-order valence-corrected chi connectivity index (χ3v) is 4.04. The number of rotatable bonds is 4. The number of nitrogens with one attached hydrogen (secondary N) is 1. The van der Waals surface area contributed by atoms with Crippen LogP contribution in [0.1, 0.15) is 32.8 Å². The standard InChI is InChI=1S/C17H29N3/c1-17(2,3)18-12-14-8-6-7-9-16(14)20-11-10-15(13-20)19(4)5/h6-9,15,18H,10-13H2,1-5H3. The van der Waals surface area contributed by atoms with Gasteiger partial charge in [0.05, 0.1) is 0 Å². The summed E-state index contributed by atoms with van der Waals surface area (Å²) < 4.78 is 0. The molecule has 1 unspecified atom stereocenters. The highest BCUT2D eigenvalue weighted by Gasteiger charge is 2.25. The van der Waals surface area contributed by atoms with Gasteiger partial charge in [-0.2, -0.15) is 0 Å². The maximum atomic E-state index is 3.60. The largest absolute Gasteiger partial charge is 0.370 e. The van der Waals surface area contributed by atoms with Crippen LogP contribution in [0.5, 0.6) is 0 Å². The molecule has 0 amide bonds. The lowest BCUT2D eigenvalue weighted by atomic mass is 10.1. The van der Waals surface area contributed by atoms with Crippen molar-refractivity contribution in [1.29, 1.82) is 0 Å². The smallest absolute Gasteiger partial charge is 0.0412 e. The average Bonchev–Trinajstić information content (AvgIpc) is 2.85. The van der Waals surface area contributed by atoms with Crippen LogP contribution in [-0.4, -0.2) is 43.7 Å². The Balaban J connectivity index is 2.08. The number of para-hydroxylation sites is 1. The summed E-state index contributed by atoms with van der Waals surface area (Å²) in [5.41, 5.74) is 2.96. The molecular weight excluding hydrogens is 246 g/mol. The molecule has 0 bridgehead atoms. The van der Waals surface area contributed by atoms with E-state index in [9.17, 15) is 0 Å². The van der Waals surface area contributed by atoms with Crippen molar-refractivity contribution in [2.24, 2.45) is 0 Å². The Morgan fingerprint density at radius 1 is 1.25 bits per heavy atom. The molecule has 1 atom stereocenters. The summed E-state index contributed by atoms with van der Waals surface area (Å²) in [6.45, 7) is 9.88. The fraction of sp³-hybridized carbons (Fsp3) is 0.647. The van der Waals surface area contributed by atoms with Crippen LogP contribution < -0.4 is 10.2 Å². The first-order valence-electron chi connectivity index (χ1n) is 7.61. The van der Waals surface area contributed by atoms with E-state index in [-0.39, 0.29) is 5.54 Å². The van der Waals surface area contributed by atoms with Crippen molar-refractivity contribution in [1.82, 2.24) is 10.2 Å². The van der Waals surface area contributed by atoms with Gasteiger partial charge in [0.15, 0.2) is 0 Å². The maximum absolute atomic E-state index is 3.60. The highest BCUT2D eigenvalue weighted by molar-refractivity contribution is 5.54. The number of hydrogen-bond acceptors (Lipinski definition) is 3. The summed E-state index contributed by atoms with van der Waals surface area (Å²) in [6, 6.07) is 9.48. The van der Waals surface area contributed by atoms with Gasteiger partial charge >= 0.3 is 0 Å². The molecule has 0 aliphatic carbocycles. The molecule has 20 heavy (non-hydrogen) atoms. The van der Waals surface area contributed by atoms with Crippen LogP contribution in [0.2, 0.25) is 0 Å². The Kier molecular flexibility index (Phi) is 4.71. The molecule has 112 valence electrons. The van der Waals surface area contributed by atoms with Crippen LogP contribution in [0.4, 0.5) is 5.69 Å². The zero-order valence-corrected chi connectivity index (χ0v) is 13.6. The van der Waals surface area contributed by atoms with Crippen molar-refractivity contribution >= 4 is 5.69 Å². The minimum Gasteiger partial charge on any atom is -0.370 e. The van der Waals surface area contributed by atoms with Crippen molar-refractivity contribution in [2.75, 3.05) is 32.1 Å². The van der Waals surface area contributed by atoms with E-state index in [2.05, 4.69) is 74.2 Å². The topological polar surface area (TPSA) is 18.5 Å². The van der Waals surface area contributed by atoms with Crippen LogP contribution in [0.15, 0.2) is 24.3 Å². The Bertz CT molecular complexity index is 434. The van der Waals surface area contributed by atoms with E-state index in [4.69, 9.17) is 0 Å². The van der Waals surface area contributed by atoms with Gasteiger partial charge in [0, 0.05) is 36.9 Å². The van der Waals surface area contributed by atoms with Crippen molar-refractivity contribution < 1.29 is 0 Å². The lowest BCUT2D eigenvalue weighted by molar-refractivity contribution is 0.315. The molecule has 0 spiro atoms. The molecular formula is C17H29N3. The minimum absolute atomic E-state index is 0.157. The van der Waals surface area contributed by atoms with Gasteiger partial charge in [0.2, 0.25) is 0 Å². The van der Waals surface area contributed by atoms with E-state index < -0.39 is 0 Å². The van der Waals surface area contributed by atoms with E-state index in [1.807, 2.05) is 0 Å². The fourth-order valence-corrected chi connectivity index (χ4v) is 2.71. The number of benzene rings is 1. The molecule has 1 saturated heterocycles. The summed E-state index contributed by atoms with van der Waals surface area (Å²) >= 11 is 0. The van der Waals surface area contributed by atoms with Crippen LogP contribution in [0.3, 0.4) is 0 Å². The van der Waals surface area contributed by atoms with Gasteiger partial charge in [-0.05, 0) is 52.9 Å². The van der Waals surface area contributed by atoms with Gasteiger partial charge in [-0.15, -0.1) is 0 Å². The molecule has 0 saturated carbocycles. The number of likely N-dealkylation sites (N-methyl/N-ethyl adjacent to an activating group) is 1. The minimum atomic E-state index is 0.157. The second-order valence-corrected chi connectivity index (χ2v) is 7.08. The Labute approximate surface area is 124 Å². The molecule has 3 nitrogen and oxygen atoms in total.